The zero-order valence-electron chi connectivity index (χ0n) is 9.37. The van der Waals surface area contributed by atoms with Gasteiger partial charge in [-0.3, -0.25) is 0 Å². The number of hydrogen-bond donors (Lipinski definition) is 2. The summed E-state index contributed by atoms with van der Waals surface area (Å²) < 4.78 is 1.82. The summed E-state index contributed by atoms with van der Waals surface area (Å²) in [6, 6.07) is 0. The molecule has 1 aromatic heterocycles. The van der Waals surface area contributed by atoms with Crippen molar-refractivity contribution in [3.05, 3.63) is 17.2 Å². The number of aliphatic hydroxyl groups excluding tert-OH is 1. The van der Waals surface area contributed by atoms with E-state index in [4.69, 9.17) is 11.6 Å². The van der Waals surface area contributed by atoms with Crippen LogP contribution in [-0.4, -0.2) is 27.3 Å². The molecule has 0 aromatic carbocycles. The lowest BCUT2D eigenvalue weighted by Crippen LogP contribution is -2.30. The standard InChI is InChI=1S/C10H18ClN3O/c1-7(2)8(15)4-12-6-10-13-5-9(11)14(10)3/h5,7-8,12,15H,4,6H2,1-3H3. The Labute approximate surface area is 95.3 Å². The molecular weight excluding hydrogens is 214 g/mol. The van der Waals surface area contributed by atoms with Gasteiger partial charge >= 0.3 is 0 Å². The molecule has 1 aromatic rings. The van der Waals surface area contributed by atoms with E-state index in [0.29, 0.717) is 18.2 Å². The van der Waals surface area contributed by atoms with Crippen LogP contribution in [0.15, 0.2) is 6.20 Å². The van der Waals surface area contributed by atoms with Gasteiger partial charge in [0.25, 0.3) is 0 Å². The molecule has 15 heavy (non-hydrogen) atoms. The van der Waals surface area contributed by atoms with Crippen LogP contribution in [0.2, 0.25) is 5.15 Å². The van der Waals surface area contributed by atoms with E-state index in [-0.39, 0.29) is 12.0 Å². The van der Waals surface area contributed by atoms with Gasteiger partial charge in [0.05, 0.1) is 18.8 Å². The molecule has 5 heteroatoms. The number of rotatable bonds is 5. The lowest BCUT2D eigenvalue weighted by molar-refractivity contribution is 0.123. The van der Waals surface area contributed by atoms with Crippen LogP contribution in [0, 0.1) is 5.92 Å². The third-order valence-electron chi connectivity index (χ3n) is 2.43. The molecule has 86 valence electrons. The van der Waals surface area contributed by atoms with Gasteiger partial charge in [-0.15, -0.1) is 0 Å². The fourth-order valence-electron chi connectivity index (χ4n) is 1.16. The summed E-state index contributed by atoms with van der Waals surface area (Å²) >= 11 is 5.84. The van der Waals surface area contributed by atoms with Crippen molar-refractivity contribution in [1.29, 1.82) is 0 Å². The summed E-state index contributed by atoms with van der Waals surface area (Å²) in [6.07, 6.45) is 1.30. The van der Waals surface area contributed by atoms with Gasteiger partial charge in [-0.1, -0.05) is 25.4 Å². The van der Waals surface area contributed by atoms with Crippen molar-refractivity contribution in [2.75, 3.05) is 6.54 Å². The van der Waals surface area contributed by atoms with Crippen molar-refractivity contribution in [3.8, 4) is 0 Å². The van der Waals surface area contributed by atoms with Gasteiger partial charge in [-0.05, 0) is 5.92 Å². The Morgan fingerprint density at radius 1 is 1.60 bits per heavy atom. The lowest BCUT2D eigenvalue weighted by Gasteiger charge is -2.14. The molecule has 0 saturated heterocycles. The van der Waals surface area contributed by atoms with Crippen LogP contribution in [0.5, 0.6) is 0 Å². The number of imidazole rings is 1. The Morgan fingerprint density at radius 2 is 2.27 bits per heavy atom. The molecule has 1 unspecified atom stereocenters. The minimum Gasteiger partial charge on any atom is -0.392 e. The molecule has 0 bridgehead atoms. The summed E-state index contributed by atoms with van der Waals surface area (Å²) in [5, 5.41) is 13.3. The maximum atomic E-state index is 9.56. The van der Waals surface area contributed by atoms with Gasteiger partial charge in [0, 0.05) is 13.6 Å². The van der Waals surface area contributed by atoms with Crippen molar-refractivity contribution in [1.82, 2.24) is 14.9 Å². The third kappa shape index (κ3) is 3.48. The smallest absolute Gasteiger partial charge is 0.128 e. The van der Waals surface area contributed by atoms with Crippen molar-refractivity contribution >= 4 is 11.6 Å². The number of nitrogens with one attached hydrogen (secondary N) is 1. The van der Waals surface area contributed by atoms with Gasteiger partial charge in [0.15, 0.2) is 0 Å². The molecule has 4 nitrogen and oxygen atoms in total. The molecule has 2 N–H and O–H groups in total. The van der Waals surface area contributed by atoms with E-state index in [0.717, 1.165) is 5.82 Å². The van der Waals surface area contributed by atoms with Crippen LogP contribution in [0.1, 0.15) is 19.7 Å². The van der Waals surface area contributed by atoms with Gasteiger partial charge in [-0.2, -0.15) is 0 Å². The Balaban J connectivity index is 2.35. The number of aromatic nitrogens is 2. The first kappa shape index (κ1) is 12.5. The first-order valence-corrected chi connectivity index (χ1v) is 5.45. The molecule has 1 atom stereocenters. The van der Waals surface area contributed by atoms with Gasteiger partial charge in [0.1, 0.15) is 11.0 Å². The molecule has 1 rings (SSSR count). The van der Waals surface area contributed by atoms with Crippen LogP contribution >= 0.6 is 11.6 Å². The zero-order chi connectivity index (χ0) is 11.4. The number of halogens is 1. The molecule has 0 radical (unpaired) electrons. The van der Waals surface area contributed by atoms with Crippen LogP contribution in [0.25, 0.3) is 0 Å². The third-order valence-corrected chi connectivity index (χ3v) is 2.78. The highest BCUT2D eigenvalue weighted by Gasteiger charge is 2.09. The predicted octanol–water partition coefficient (Wildman–Crippen LogP) is 1.18. The highest BCUT2D eigenvalue weighted by molar-refractivity contribution is 6.29. The monoisotopic (exact) mass is 231 g/mol. The van der Waals surface area contributed by atoms with E-state index in [1.165, 1.54) is 0 Å². The first-order valence-electron chi connectivity index (χ1n) is 5.07. The summed E-state index contributed by atoms with van der Waals surface area (Å²) in [7, 11) is 1.87. The minimum absolute atomic E-state index is 0.266. The molecule has 0 aliphatic heterocycles. The maximum absolute atomic E-state index is 9.56. The summed E-state index contributed by atoms with van der Waals surface area (Å²) in [5.41, 5.74) is 0. The van der Waals surface area contributed by atoms with E-state index < -0.39 is 0 Å². The topological polar surface area (TPSA) is 50.1 Å². The average Bonchev–Trinajstić information content (AvgIpc) is 2.49. The van der Waals surface area contributed by atoms with E-state index >= 15 is 0 Å². The maximum Gasteiger partial charge on any atom is 0.128 e. The van der Waals surface area contributed by atoms with Gasteiger partial charge in [-0.25, -0.2) is 4.98 Å². The van der Waals surface area contributed by atoms with Crippen LogP contribution in [-0.2, 0) is 13.6 Å². The van der Waals surface area contributed by atoms with Gasteiger partial charge in [0.2, 0.25) is 0 Å². The zero-order valence-corrected chi connectivity index (χ0v) is 10.1. The van der Waals surface area contributed by atoms with E-state index in [1.54, 1.807) is 6.20 Å². The first-order chi connectivity index (χ1) is 7.02. The second-order valence-corrected chi connectivity index (χ2v) is 4.39. The Hall–Kier alpha value is -0.580. The van der Waals surface area contributed by atoms with Crippen LogP contribution < -0.4 is 5.32 Å². The molecule has 1 heterocycles. The SMILES string of the molecule is CC(C)C(O)CNCc1ncc(Cl)n1C. The highest BCUT2D eigenvalue weighted by Crippen LogP contribution is 2.08. The number of hydrogen-bond acceptors (Lipinski definition) is 3. The molecule has 0 amide bonds. The van der Waals surface area contributed by atoms with E-state index in [1.807, 2.05) is 25.5 Å². The highest BCUT2D eigenvalue weighted by atomic mass is 35.5. The van der Waals surface area contributed by atoms with Crippen LogP contribution in [0.4, 0.5) is 0 Å². The largest absolute Gasteiger partial charge is 0.392 e. The lowest BCUT2D eigenvalue weighted by atomic mass is 10.1. The van der Waals surface area contributed by atoms with Gasteiger partial charge < -0.3 is 15.0 Å². The molecule has 0 spiro atoms. The minimum atomic E-state index is -0.319. The summed E-state index contributed by atoms with van der Waals surface area (Å²) in [4.78, 5) is 4.14. The van der Waals surface area contributed by atoms with Crippen LogP contribution in [0.3, 0.4) is 0 Å². The molecule has 0 fully saturated rings. The molecule has 0 aliphatic carbocycles. The van der Waals surface area contributed by atoms with Crippen molar-refractivity contribution in [3.63, 3.8) is 0 Å². The number of nitrogens with zero attached hydrogens (tertiary/aromatic N) is 2. The Bertz CT molecular complexity index is 312. The second-order valence-electron chi connectivity index (χ2n) is 4.00. The molecule has 0 aliphatic rings. The number of aliphatic hydroxyl groups is 1. The van der Waals surface area contributed by atoms with E-state index in [9.17, 15) is 5.11 Å². The fraction of sp³-hybridized carbons (Fsp3) is 0.700. The van der Waals surface area contributed by atoms with Crippen molar-refractivity contribution < 1.29 is 5.11 Å². The quantitative estimate of drug-likeness (QED) is 0.800. The average molecular weight is 232 g/mol. The normalized spacial score (nSPS) is 13.5. The van der Waals surface area contributed by atoms with Crippen molar-refractivity contribution in [2.24, 2.45) is 13.0 Å². The Morgan fingerprint density at radius 3 is 2.73 bits per heavy atom. The molecule has 0 saturated carbocycles. The second kappa shape index (κ2) is 5.49. The fourth-order valence-corrected chi connectivity index (χ4v) is 1.30. The summed E-state index contributed by atoms with van der Waals surface area (Å²) in [6.45, 7) is 5.17. The predicted molar refractivity (Wildman–Crippen MR) is 60.8 cm³/mol. The summed E-state index contributed by atoms with van der Waals surface area (Å²) in [5.74, 6) is 1.14. The Kier molecular flexibility index (Phi) is 4.57. The molecular formula is C10H18ClN3O. The van der Waals surface area contributed by atoms with Crippen molar-refractivity contribution in [2.45, 2.75) is 26.5 Å². The van der Waals surface area contributed by atoms with E-state index in [2.05, 4.69) is 10.3 Å².